The third-order valence-corrected chi connectivity index (χ3v) is 6.71. The predicted octanol–water partition coefficient (Wildman–Crippen LogP) is 2.34. The molecule has 6 heteroatoms. The number of fused-ring (bicyclic) bond motifs is 1. The van der Waals surface area contributed by atoms with Gasteiger partial charge >= 0.3 is 0 Å². The summed E-state index contributed by atoms with van der Waals surface area (Å²) in [6.45, 7) is 9.37. The van der Waals surface area contributed by atoms with Crippen molar-refractivity contribution in [3.05, 3.63) is 22.6 Å². The van der Waals surface area contributed by atoms with Crippen molar-refractivity contribution in [1.29, 1.82) is 0 Å². The highest BCUT2D eigenvalue weighted by molar-refractivity contribution is 5.97. The van der Waals surface area contributed by atoms with Crippen LogP contribution in [0.2, 0.25) is 0 Å². The maximum Gasteiger partial charge on any atom is 0.257 e. The van der Waals surface area contributed by atoms with E-state index in [0.29, 0.717) is 6.04 Å². The van der Waals surface area contributed by atoms with Gasteiger partial charge in [-0.15, -0.1) is 0 Å². The first-order chi connectivity index (χ1) is 13.6. The van der Waals surface area contributed by atoms with E-state index in [4.69, 9.17) is 9.15 Å². The highest BCUT2D eigenvalue weighted by Crippen LogP contribution is 2.31. The second-order valence-corrected chi connectivity index (χ2v) is 8.63. The molecule has 3 heterocycles. The third-order valence-electron chi connectivity index (χ3n) is 6.71. The Morgan fingerprint density at radius 2 is 1.82 bits per heavy atom. The number of amides is 1. The molecule has 4 rings (SSSR count). The van der Waals surface area contributed by atoms with Gasteiger partial charge in [0.1, 0.15) is 11.5 Å². The Bertz CT molecular complexity index is 673. The molecule has 0 bridgehead atoms. The molecule has 1 aromatic heterocycles. The van der Waals surface area contributed by atoms with Crippen molar-refractivity contribution >= 4 is 5.91 Å². The van der Waals surface area contributed by atoms with Crippen molar-refractivity contribution in [1.82, 2.24) is 14.7 Å². The van der Waals surface area contributed by atoms with E-state index >= 15 is 0 Å². The summed E-state index contributed by atoms with van der Waals surface area (Å²) in [5.41, 5.74) is 2.06. The molecular weight excluding hydrogens is 354 g/mol. The molecule has 3 aliphatic rings. The minimum Gasteiger partial charge on any atom is -0.465 e. The molecule has 28 heavy (non-hydrogen) atoms. The fourth-order valence-electron chi connectivity index (χ4n) is 4.96. The van der Waals surface area contributed by atoms with E-state index in [0.717, 1.165) is 102 Å². The number of furan rings is 1. The fourth-order valence-corrected chi connectivity index (χ4v) is 4.96. The van der Waals surface area contributed by atoms with Crippen LogP contribution in [0.15, 0.2) is 4.42 Å². The topological polar surface area (TPSA) is 49.2 Å². The lowest BCUT2D eigenvalue weighted by molar-refractivity contribution is 0.0264. The third kappa shape index (κ3) is 4.29. The van der Waals surface area contributed by atoms with E-state index < -0.39 is 0 Å². The standard InChI is InChI=1S/C22H35N3O3/c1-17-21(19-5-3-4-6-20(19)28-17)22(26)25(18-7-9-23(2)10-8-18)12-11-24-13-15-27-16-14-24/h18H,3-16H2,1-2H3. The average molecular weight is 390 g/mol. The SMILES string of the molecule is Cc1oc2c(c1C(=O)N(CCN1CCOCC1)C1CCN(C)CC1)CCCC2. The summed E-state index contributed by atoms with van der Waals surface area (Å²) in [5, 5.41) is 0. The van der Waals surface area contributed by atoms with Gasteiger partial charge < -0.3 is 19.0 Å². The van der Waals surface area contributed by atoms with Gasteiger partial charge in [0.05, 0.1) is 18.8 Å². The van der Waals surface area contributed by atoms with Crippen molar-refractivity contribution in [2.24, 2.45) is 0 Å². The molecule has 2 aliphatic heterocycles. The normalized spacial score (nSPS) is 22.2. The summed E-state index contributed by atoms with van der Waals surface area (Å²) in [4.78, 5) is 20.7. The van der Waals surface area contributed by atoms with E-state index in [2.05, 4.69) is 21.7 Å². The number of rotatable bonds is 5. The summed E-state index contributed by atoms with van der Waals surface area (Å²) < 4.78 is 11.5. The van der Waals surface area contributed by atoms with Crippen LogP contribution in [0, 0.1) is 6.92 Å². The van der Waals surface area contributed by atoms with Crippen molar-refractivity contribution in [2.75, 3.05) is 59.5 Å². The molecular formula is C22H35N3O3. The quantitative estimate of drug-likeness (QED) is 0.774. The van der Waals surface area contributed by atoms with Crippen LogP contribution in [0.25, 0.3) is 0 Å². The number of ether oxygens (including phenoxy) is 1. The zero-order valence-electron chi connectivity index (χ0n) is 17.5. The lowest BCUT2D eigenvalue weighted by Crippen LogP contribution is -2.50. The molecule has 0 radical (unpaired) electrons. The van der Waals surface area contributed by atoms with Gasteiger partial charge in [-0.1, -0.05) is 0 Å². The van der Waals surface area contributed by atoms with Crippen LogP contribution in [-0.2, 0) is 17.6 Å². The minimum atomic E-state index is 0.201. The molecule has 2 fully saturated rings. The van der Waals surface area contributed by atoms with Crippen LogP contribution in [0.3, 0.4) is 0 Å². The van der Waals surface area contributed by atoms with Gasteiger partial charge in [0, 0.05) is 44.2 Å². The lowest BCUT2D eigenvalue weighted by atomic mass is 9.93. The monoisotopic (exact) mass is 389 g/mol. The van der Waals surface area contributed by atoms with Gasteiger partial charge in [-0.25, -0.2) is 0 Å². The molecule has 6 nitrogen and oxygen atoms in total. The largest absolute Gasteiger partial charge is 0.465 e. The van der Waals surface area contributed by atoms with Crippen LogP contribution < -0.4 is 0 Å². The maximum absolute atomic E-state index is 13.8. The first kappa shape index (κ1) is 19.9. The van der Waals surface area contributed by atoms with E-state index in [1.165, 1.54) is 12.0 Å². The van der Waals surface area contributed by atoms with Crippen molar-refractivity contribution in [3.8, 4) is 0 Å². The lowest BCUT2D eigenvalue weighted by Gasteiger charge is -2.39. The molecule has 0 unspecified atom stereocenters. The number of nitrogens with zero attached hydrogens (tertiary/aromatic N) is 3. The van der Waals surface area contributed by atoms with Crippen LogP contribution in [-0.4, -0.2) is 86.2 Å². The number of morpholine rings is 1. The zero-order valence-corrected chi connectivity index (χ0v) is 17.5. The van der Waals surface area contributed by atoms with Crippen molar-refractivity contribution in [3.63, 3.8) is 0 Å². The summed E-state index contributed by atoms with van der Waals surface area (Å²) in [6, 6.07) is 0.332. The number of hydrogen-bond acceptors (Lipinski definition) is 5. The Kier molecular flexibility index (Phi) is 6.38. The number of aryl methyl sites for hydroxylation is 2. The van der Waals surface area contributed by atoms with Gasteiger partial charge in [-0.3, -0.25) is 9.69 Å². The van der Waals surface area contributed by atoms with E-state index in [9.17, 15) is 4.79 Å². The van der Waals surface area contributed by atoms with E-state index in [1.54, 1.807) is 0 Å². The first-order valence-corrected chi connectivity index (χ1v) is 11.0. The van der Waals surface area contributed by atoms with Gasteiger partial charge in [-0.2, -0.15) is 0 Å². The van der Waals surface area contributed by atoms with Crippen LogP contribution in [0.1, 0.15) is 53.1 Å². The van der Waals surface area contributed by atoms with Crippen LogP contribution >= 0.6 is 0 Å². The number of carbonyl (C=O) groups is 1. The Morgan fingerprint density at radius 3 is 2.57 bits per heavy atom. The highest BCUT2D eigenvalue weighted by Gasteiger charge is 2.33. The Balaban J connectivity index is 1.53. The van der Waals surface area contributed by atoms with Gasteiger partial charge in [0.2, 0.25) is 0 Å². The summed E-state index contributed by atoms with van der Waals surface area (Å²) >= 11 is 0. The number of piperidine rings is 1. The molecule has 2 saturated heterocycles. The summed E-state index contributed by atoms with van der Waals surface area (Å²) in [7, 11) is 2.17. The molecule has 0 spiro atoms. The minimum absolute atomic E-state index is 0.201. The second-order valence-electron chi connectivity index (χ2n) is 8.63. The maximum atomic E-state index is 13.8. The molecule has 0 aromatic carbocycles. The zero-order chi connectivity index (χ0) is 19.5. The predicted molar refractivity (Wildman–Crippen MR) is 109 cm³/mol. The number of hydrogen-bond donors (Lipinski definition) is 0. The van der Waals surface area contributed by atoms with Gasteiger partial charge in [-0.05, 0) is 59.2 Å². The Labute approximate surface area is 168 Å². The average Bonchev–Trinajstić information content (AvgIpc) is 3.05. The van der Waals surface area contributed by atoms with Crippen LogP contribution in [0.4, 0.5) is 0 Å². The molecule has 0 atom stereocenters. The Morgan fingerprint density at radius 1 is 1.11 bits per heavy atom. The fraction of sp³-hybridized carbons (Fsp3) is 0.773. The number of carbonyl (C=O) groups excluding carboxylic acids is 1. The highest BCUT2D eigenvalue weighted by atomic mass is 16.5. The molecule has 1 aliphatic carbocycles. The summed E-state index contributed by atoms with van der Waals surface area (Å²) in [6.07, 6.45) is 6.41. The summed E-state index contributed by atoms with van der Waals surface area (Å²) in [5.74, 6) is 2.08. The molecule has 1 amide bonds. The first-order valence-electron chi connectivity index (χ1n) is 11.0. The van der Waals surface area contributed by atoms with E-state index in [1.807, 2.05) is 6.92 Å². The van der Waals surface area contributed by atoms with Crippen LogP contribution in [0.5, 0.6) is 0 Å². The van der Waals surface area contributed by atoms with Gasteiger partial charge in [0.25, 0.3) is 5.91 Å². The number of likely N-dealkylation sites (tertiary alicyclic amines) is 1. The Hall–Kier alpha value is -1.37. The molecule has 156 valence electrons. The molecule has 1 aromatic rings. The molecule has 0 N–H and O–H groups in total. The van der Waals surface area contributed by atoms with Crippen molar-refractivity contribution < 1.29 is 13.9 Å². The smallest absolute Gasteiger partial charge is 0.257 e. The van der Waals surface area contributed by atoms with Gasteiger partial charge in [0.15, 0.2) is 0 Å². The van der Waals surface area contributed by atoms with E-state index in [-0.39, 0.29) is 5.91 Å². The molecule has 0 saturated carbocycles. The second kappa shape index (κ2) is 8.97. The van der Waals surface area contributed by atoms with Crippen molar-refractivity contribution in [2.45, 2.75) is 51.5 Å².